The van der Waals surface area contributed by atoms with E-state index in [1.807, 2.05) is 18.2 Å². The van der Waals surface area contributed by atoms with Gasteiger partial charge in [-0.2, -0.15) is 13.2 Å². The van der Waals surface area contributed by atoms with Gasteiger partial charge in [0, 0.05) is 31.8 Å². The van der Waals surface area contributed by atoms with Crippen LogP contribution in [0, 0.1) is 5.82 Å². The van der Waals surface area contributed by atoms with Crippen molar-refractivity contribution in [3.63, 3.8) is 0 Å². The van der Waals surface area contributed by atoms with E-state index in [4.69, 9.17) is 19.2 Å². The van der Waals surface area contributed by atoms with Crippen molar-refractivity contribution >= 4 is 11.0 Å². The molecule has 0 spiro atoms. The molecule has 268 valence electrons. The maximum Gasteiger partial charge on any atom is 0.419 e. The van der Waals surface area contributed by atoms with E-state index < -0.39 is 17.6 Å². The number of nitrogens with zero attached hydrogens (tertiary/aromatic N) is 4. The third kappa shape index (κ3) is 10.3. The van der Waals surface area contributed by atoms with Gasteiger partial charge < -0.3 is 28.6 Å². The molecule has 4 rings (SSSR count). The van der Waals surface area contributed by atoms with Crippen LogP contribution in [0.1, 0.15) is 65.9 Å². The fraction of sp³-hybridized carbons (Fsp3) is 0.500. The summed E-state index contributed by atoms with van der Waals surface area (Å²) in [6.45, 7) is 18.4. The van der Waals surface area contributed by atoms with Gasteiger partial charge in [0.05, 0.1) is 35.4 Å². The fourth-order valence-electron chi connectivity index (χ4n) is 5.76. The van der Waals surface area contributed by atoms with E-state index in [-0.39, 0.29) is 5.75 Å². The second-order valence-electron chi connectivity index (χ2n) is 11.9. The summed E-state index contributed by atoms with van der Waals surface area (Å²) < 4.78 is 74.4. The number of benzene rings is 3. The van der Waals surface area contributed by atoms with Crippen LogP contribution in [0.2, 0.25) is 0 Å². The normalized spacial score (nSPS) is 12.0. The highest BCUT2D eigenvalue weighted by molar-refractivity contribution is 5.83. The summed E-state index contributed by atoms with van der Waals surface area (Å²) in [7, 11) is 0. The molecule has 0 aliphatic carbocycles. The van der Waals surface area contributed by atoms with Crippen LogP contribution in [0.5, 0.6) is 23.0 Å². The van der Waals surface area contributed by atoms with Crippen molar-refractivity contribution in [1.82, 2.24) is 19.4 Å². The lowest BCUT2D eigenvalue weighted by atomic mass is 10.1. The molecule has 0 aliphatic heterocycles. The number of halogens is 4. The lowest BCUT2D eigenvalue weighted by Gasteiger charge is -2.19. The minimum Gasteiger partial charge on any atom is -0.493 e. The SMILES string of the molecule is CCCCn1c(-c2ccc(OCCCN(CC)CC)cc2OCCCN(CC)CC)nc2ccc(Oc3ccc(F)c(C(F)(F)F)c3)cc21. The van der Waals surface area contributed by atoms with Gasteiger partial charge in [0.2, 0.25) is 0 Å². The molecule has 1 aromatic heterocycles. The molecular formula is C38H50F4N4O3. The van der Waals surface area contributed by atoms with Gasteiger partial charge in [0.25, 0.3) is 0 Å². The van der Waals surface area contributed by atoms with Crippen molar-refractivity contribution in [3.8, 4) is 34.4 Å². The Labute approximate surface area is 287 Å². The Morgan fingerprint density at radius 2 is 1.33 bits per heavy atom. The van der Waals surface area contributed by atoms with E-state index in [0.29, 0.717) is 48.7 Å². The summed E-state index contributed by atoms with van der Waals surface area (Å²) >= 11 is 0. The van der Waals surface area contributed by atoms with Crippen molar-refractivity contribution in [1.29, 1.82) is 0 Å². The molecular weight excluding hydrogens is 636 g/mol. The van der Waals surface area contributed by atoms with Gasteiger partial charge in [0.1, 0.15) is 34.6 Å². The highest BCUT2D eigenvalue weighted by Crippen LogP contribution is 2.38. The molecule has 0 amide bonds. The number of unbranched alkanes of at least 4 members (excludes halogenated alkanes) is 1. The molecule has 0 atom stereocenters. The maximum atomic E-state index is 13.9. The number of fused-ring (bicyclic) bond motifs is 1. The van der Waals surface area contributed by atoms with Crippen LogP contribution in [0.3, 0.4) is 0 Å². The molecule has 0 radical (unpaired) electrons. The molecule has 0 saturated heterocycles. The summed E-state index contributed by atoms with van der Waals surface area (Å²) in [5.74, 6) is 0.981. The second kappa shape index (κ2) is 18.2. The molecule has 0 unspecified atom stereocenters. The average Bonchev–Trinajstić information content (AvgIpc) is 3.45. The van der Waals surface area contributed by atoms with Crippen molar-refractivity contribution in [2.75, 3.05) is 52.5 Å². The third-order valence-corrected chi connectivity index (χ3v) is 8.68. The lowest BCUT2D eigenvalue weighted by molar-refractivity contribution is -0.140. The number of hydrogen-bond donors (Lipinski definition) is 0. The van der Waals surface area contributed by atoms with E-state index in [0.717, 1.165) is 87.8 Å². The van der Waals surface area contributed by atoms with E-state index in [1.54, 1.807) is 18.2 Å². The van der Waals surface area contributed by atoms with Crippen LogP contribution < -0.4 is 14.2 Å². The van der Waals surface area contributed by atoms with Crippen molar-refractivity contribution in [2.24, 2.45) is 0 Å². The number of alkyl halides is 3. The smallest absolute Gasteiger partial charge is 0.419 e. The molecule has 0 N–H and O–H groups in total. The number of aryl methyl sites for hydroxylation is 1. The number of imidazole rings is 1. The zero-order valence-electron chi connectivity index (χ0n) is 29.4. The quantitative estimate of drug-likeness (QED) is 0.0682. The molecule has 0 saturated carbocycles. The summed E-state index contributed by atoms with van der Waals surface area (Å²) in [5, 5.41) is 0. The molecule has 49 heavy (non-hydrogen) atoms. The molecule has 4 aromatic rings. The Hall–Kier alpha value is -3.83. The molecule has 7 nitrogen and oxygen atoms in total. The van der Waals surface area contributed by atoms with E-state index in [2.05, 4.69) is 49.0 Å². The fourth-order valence-corrected chi connectivity index (χ4v) is 5.76. The largest absolute Gasteiger partial charge is 0.493 e. The number of aromatic nitrogens is 2. The summed E-state index contributed by atoms with van der Waals surface area (Å²) in [6.07, 6.45) is -1.24. The van der Waals surface area contributed by atoms with E-state index >= 15 is 0 Å². The van der Waals surface area contributed by atoms with Gasteiger partial charge in [-0.3, -0.25) is 0 Å². The van der Waals surface area contributed by atoms with Crippen molar-refractivity contribution in [2.45, 2.75) is 73.0 Å². The van der Waals surface area contributed by atoms with Crippen LogP contribution in [0.15, 0.2) is 54.6 Å². The van der Waals surface area contributed by atoms with Crippen LogP contribution in [0.25, 0.3) is 22.4 Å². The first-order valence-electron chi connectivity index (χ1n) is 17.5. The average molecular weight is 687 g/mol. The Kier molecular flexibility index (Phi) is 14.1. The van der Waals surface area contributed by atoms with Crippen LogP contribution in [0.4, 0.5) is 17.6 Å². The summed E-state index contributed by atoms with van der Waals surface area (Å²) in [5.41, 5.74) is 0.921. The Bertz CT molecular complexity index is 1620. The van der Waals surface area contributed by atoms with Gasteiger partial charge in [-0.05, 0) is 87.9 Å². The van der Waals surface area contributed by atoms with Gasteiger partial charge in [-0.15, -0.1) is 0 Å². The van der Waals surface area contributed by atoms with Gasteiger partial charge >= 0.3 is 6.18 Å². The molecule has 0 fully saturated rings. The first-order chi connectivity index (χ1) is 23.6. The van der Waals surface area contributed by atoms with Gasteiger partial charge in [-0.25, -0.2) is 9.37 Å². The standard InChI is InChI=1S/C38H50F4N4O3/c1-6-11-22-46-35-26-30(49-29-15-18-33(39)32(25-29)38(40,41)42)16-19-34(35)43-37(46)31-17-14-28(47-23-12-20-44(7-2)8-3)27-36(31)48-24-13-21-45(9-4)10-5/h14-19,25-27H,6-13,20-24H2,1-5H3. The highest BCUT2D eigenvalue weighted by atomic mass is 19.4. The maximum absolute atomic E-state index is 13.9. The predicted octanol–water partition coefficient (Wildman–Crippen LogP) is 9.67. The van der Waals surface area contributed by atoms with Gasteiger partial charge in [-0.1, -0.05) is 41.0 Å². The molecule has 11 heteroatoms. The van der Waals surface area contributed by atoms with Crippen LogP contribution in [-0.2, 0) is 12.7 Å². The summed E-state index contributed by atoms with van der Waals surface area (Å²) in [4.78, 5) is 9.73. The topological polar surface area (TPSA) is 52.0 Å². The van der Waals surface area contributed by atoms with Crippen molar-refractivity contribution in [3.05, 3.63) is 66.0 Å². The van der Waals surface area contributed by atoms with E-state index in [1.165, 1.54) is 6.07 Å². The molecule has 0 bridgehead atoms. The van der Waals surface area contributed by atoms with Crippen molar-refractivity contribution < 1.29 is 31.8 Å². The minimum absolute atomic E-state index is 0.110. The Morgan fingerprint density at radius 3 is 1.96 bits per heavy atom. The Morgan fingerprint density at radius 1 is 0.714 bits per heavy atom. The first-order valence-corrected chi connectivity index (χ1v) is 17.5. The monoisotopic (exact) mass is 686 g/mol. The molecule has 0 aliphatic rings. The molecule has 1 heterocycles. The van der Waals surface area contributed by atoms with Crippen LogP contribution >= 0.6 is 0 Å². The zero-order chi connectivity index (χ0) is 35.4. The zero-order valence-corrected chi connectivity index (χ0v) is 29.4. The highest BCUT2D eigenvalue weighted by Gasteiger charge is 2.34. The lowest BCUT2D eigenvalue weighted by Crippen LogP contribution is -2.25. The molecule has 3 aromatic carbocycles. The number of rotatable bonds is 20. The van der Waals surface area contributed by atoms with E-state index in [9.17, 15) is 17.6 Å². The van der Waals surface area contributed by atoms with Gasteiger partial charge in [0.15, 0.2) is 0 Å². The number of ether oxygens (including phenoxy) is 3. The Balaban J connectivity index is 1.66. The number of hydrogen-bond acceptors (Lipinski definition) is 6. The van der Waals surface area contributed by atoms with Crippen LogP contribution in [-0.4, -0.2) is 71.8 Å². The predicted molar refractivity (Wildman–Crippen MR) is 187 cm³/mol. The minimum atomic E-state index is -4.84. The first kappa shape index (κ1) is 38.0. The third-order valence-electron chi connectivity index (χ3n) is 8.68. The second-order valence-corrected chi connectivity index (χ2v) is 11.9. The summed E-state index contributed by atoms with van der Waals surface area (Å²) in [6, 6.07) is 13.7.